The Morgan fingerprint density at radius 1 is 1.33 bits per heavy atom. The minimum Gasteiger partial charge on any atom is -0.435 e. The second-order valence-electron chi connectivity index (χ2n) is 6.14. The first-order valence-electron chi connectivity index (χ1n) is 8.77. The van der Waals surface area contributed by atoms with Crippen LogP contribution < -0.4 is 10.1 Å². The summed E-state index contributed by atoms with van der Waals surface area (Å²) in [5.74, 6) is -0.671. The first-order valence-corrected chi connectivity index (χ1v) is 9.58. The lowest BCUT2D eigenvalue weighted by atomic mass is 10.1. The van der Waals surface area contributed by atoms with Crippen molar-refractivity contribution in [3.8, 4) is 17.0 Å². The minimum absolute atomic E-state index is 0.0191. The average Bonchev–Trinajstić information content (AvgIpc) is 3.21. The van der Waals surface area contributed by atoms with Gasteiger partial charge in [-0.15, -0.1) is 11.3 Å². The van der Waals surface area contributed by atoms with E-state index >= 15 is 0 Å². The number of halogens is 2. The summed E-state index contributed by atoms with van der Waals surface area (Å²) in [4.78, 5) is 28.6. The first-order chi connectivity index (χ1) is 14.2. The van der Waals surface area contributed by atoms with Crippen LogP contribution >= 0.6 is 11.3 Å². The zero-order valence-corrected chi connectivity index (χ0v) is 17.0. The Labute approximate surface area is 173 Å². The summed E-state index contributed by atoms with van der Waals surface area (Å²) in [6.45, 7) is 2.35. The van der Waals surface area contributed by atoms with Crippen molar-refractivity contribution >= 4 is 28.1 Å². The second-order valence-corrected chi connectivity index (χ2v) is 7.34. The van der Waals surface area contributed by atoms with Gasteiger partial charge in [0.05, 0.1) is 10.6 Å². The van der Waals surface area contributed by atoms with Crippen molar-refractivity contribution in [2.24, 2.45) is 0 Å². The lowest BCUT2D eigenvalue weighted by molar-refractivity contribution is -0.385. The molecule has 0 spiro atoms. The summed E-state index contributed by atoms with van der Waals surface area (Å²) < 4.78 is 30.2. The van der Waals surface area contributed by atoms with Gasteiger partial charge in [-0.25, -0.2) is 4.98 Å². The molecule has 1 amide bonds. The van der Waals surface area contributed by atoms with Gasteiger partial charge in [0.1, 0.15) is 11.4 Å². The smallest absolute Gasteiger partial charge is 0.387 e. The number of benzene rings is 1. The normalized spacial score (nSPS) is 11.0. The van der Waals surface area contributed by atoms with Gasteiger partial charge in [-0.05, 0) is 45.0 Å². The predicted molar refractivity (Wildman–Crippen MR) is 106 cm³/mol. The maximum Gasteiger partial charge on any atom is 0.387 e. The Kier molecular flexibility index (Phi) is 6.06. The van der Waals surface area contributed by atoms with Crippen LogP contribution in [-0.4, -0.2) is 32.2 Å². The second kappa shape index (κ2) is 8.53. The molecule has 2 aromatic heterocycles. The molecule has 0 atom stereocenters. The van der Waals surface area contributed by atoms with Gasteiger partial charge < -0.3 is 4.74 Å². The number of hydrogen-bond acceptors (Lipinski definition) is 7. The maximum atomic E-state index is 12.7. The summed E-state index contributed by atoms with van der Waals surface area (Å²) >= 11 is 1.19. The number of hydrogen-bond donors (Lipinski definition) is 1. The van der Waals surface area contributed by atoms with Gasteiger partial charge in [-0.2, -0.15) is 13.9 Å². The van der Waals surface area contributed by atoms with Crippen molar-refractivity contribution in [2.75, 3.05) is 5.32 Å². The van der Waals surface area contributed by atoms with Crippen LogP contribution in [0.25, 0.3) is 11.3 Å². The van der Waals surface area contributed by atoms with Gasteiger partial charge in [0.15, 0.2) is 5.13 Å². The van der Waals surface area contributed by atoms with Crippen LogP contribution in [0.1, 0.15) is 28.0 Å². The lowest BCUT2D eigenvalue weighted by Gasteiger charge is -2.05. The van der Waals surface area contributed by atoms with Crippen molar-refractivity contribution < 1.29 is 23.2 Å². The molecule has 0 aliphatic rings. The standard InChI is InChI=1S/C18H17F2N5O4S/c1-4-24-15(14(25(27)28)9(2)23-24)16(26)22-18-21-13(10(3)30-18)11-5-7-12(8-6-11)29-17(19)20/h5-8,17H,4H2,1-3H3,(H,21,22,26). The van der Waals surface area contributed by atoms with E-state index in [-0.39, 0.29) is 34.5 Å². The summed E-state index contributed by atoms with van der Waals surface area (Å²) in [7, 11) is 0. The Morgan fingerprint density at radius 2 is 2.00 bits per heavy atom. The Hall–Kier alpha value is -3.41. The fourth-order valence-corrected chi connectivity index (χ4v) is 3.74. The minimum atomic E-state index is -2.91. The van der Waals surface area contributed by atoms with E-state index < -0.39 is 17.4 Å². The van der Waals surface area contributed by atoms with Gasteiger partial charge >= 0.3 is 12.3 Å². The van der Waals surface area contributed by atoms with E-state index in [9.17, 15) is 23.7 Å². The predicted octanol–water partition coefficient (Wildman–Crippen LogP) is 4.41. The molecule has 0 bridgehead atoms. The summed E-state index contributed by atoms with van der Waals surface area (Å²) in [6.07, 6.45) is 0. The Morgan fingerprint density at radius 3 is 2.57 bits per heavy atom. The summed E-state index contributed by atoms with van der Waals surface area (Å²) in [5, 5.41) is 18.2. The molecule has 0 unspecified atom stereocenters. The van der Waals surface area contributed by atoms with E-state index in [4.69, 9.17) is 0 Å². The van der Waals surface area contributed by atoms with Crippen molar-refractivity contribution in [2.45, 2.75) is 33.9 Å². The largest absolute Gasteiger partial charge is 0.435 e. The number of aromatic nitrogens is 3. The Balaban J connectivity index is 1.86. The number of aryl methyl sites for hydroxylation is 3. The third kappa shape index (κ3) is 4.27. The van der Waals surface area contributed by atoms with Gasteiger partial charge in [-0.3, -0.25) is 24.9 Å². The number of ether oxygens (including phenoxy) is 1. The Bertz CT molecular complexity index is 1090. The van der Waals surface area contributed by atoms with Crippen LogP contribution in [-0.2, 0) is 6.54 Å². The molecule has 1 aromatic carbocycles. The molecule has 0 radical (unpaired) electrons. The van der Waals surface area contributed by atoms with Crippen LogP contribution in [0.4, 0.5) is 19.6 Å². The summed E-state index contributed by atoms with van der Waals surface area (Å²) in [5.41, 5.74) is 0.842. The van der Waals surface area contributed by atoms with Crippen LogP contribution in [0, 0.1) is 24.0 Å². The quantitative estimate of drug-likeness (QED) is 0.433. The number of anilines is 1. The van der Waals surface area contributed by atoms with Crippen molar-refractivity contribution in [1.29, 1.82) is 0 Å². The van der Waals surface area contributed by atoms with E-state index in [0.29, 0.717) is 11.3 Å². The van der Waals surface area contributed by atoms with Crippen molar-refractivity contribution in [1.82, 2.24) is 14.8 Å². The molecule has 3 rings (SSSR count). The molecule has 0 fully saturated rings. The molecule has 3 aromatic rings. The molecule has 2 heterocycles. The van der Waals surface area contributed by atoms with Crippen LogP contribution in [0.3, 0.4) is 0 Å². The van der Waals surface area contributed by atoms with E-state index in [0.717, 1.165) is 4.88 Å². The molecule has 0 saturated carbocycles. The first kappa shape index (κ1) is 21.3. The third-order valence-electron chi connectivity index (χ3n) is 4.16. The number of nitro groups is 1. The van der Waals surface area contributed by atoms with Gasteiger partial charge in [0.25, 0.3) is 5.91 Å². The zero-order chi connectivity index (χ0) is 22.0. The number of amides is 1. The topological polar surface area (TPSA) is 112 Å². The molecule has 12 heteroatoms. The number of nitrogens with zero attached hydrogens (tertiary/aromatic N) is 4. The number of carbonyl (C=O) groups excluding carboxylic acids is 1. The number of rotatable bonds is 7. The fourth-order valence-electron chi connectivity index (χ4n) is 2.91. The monoisotopic (exact) mass is 437 g/mol. The molecular formula is C18H17F2N5O4S. The number of nitrogens with one attached hydrogen (secondary N) is 1. The average molecular weight is 437 g/mol. The van der Waals surface area contributed by atoms with E-state index in [1.54, 1.807) is 26.0 Å². The third-order valence-corrected chi connectivity index (χ3v) is 5.05. The van der Waals surface area contributed by atoms with Gasteiger partial charge in [0.2, 0.25) is 5.69 Å². The highest BCUT2D eigenvalue weighted by Crippen LogP contribution is 2.32. The summed E-state index contributed by atoms with van der Waals surface area (Å²) in [6, 6.07) is 5.94. The molecule has 0 aliphatic heterocycles. The van der Waals surface area contributed by atoms with Gasteiger partial charge in [0, 0.05) is 17.0 Å². The molecule has 0 aliphatic carbocycles. The number of alkyl halides is 2. The van der Waals surface area contributed by atoms with E-state index in [1.165, 1.54) is 35.1 Å². The molecular weight excluding hydrogens is 420 g/mol. The highest BCUT2D eigenvalue weighted by atomic mass is 32.1. The highest BCUT2D eigenvalue weighted by molar-refractivity contribution is 7.16. The van der Waals surface area contributed by atoms with Crippen LogP contribution in [0.5, 0.6) is 5.75 Å². The van der Waals surface area contributed by atoms with E-state index in [2.05, 4.69) is 20.1 Å². The molecule has 30 heavy (non-hydrogen) atoms. The van der Waals surface area contributed by atoms with Crippen molar-refractivity contribution in [3.63, 3.8) is 0 Å². The fraction of sp³-hybridized carbons (Fsp3) is 0.278. The zero-order valence-electron chi connectivity index (χ0n) is 16.2. The number of thiazole rings is 1. The molecule has 9 nitrogen and oxygen atoms in total. The SMILES string of the molecule is CCn1nc(C)c([N+](=O)[O-])c1C(=O)Nc1nc(-c2ccc(OC(F)F)cc2)c(C)s1. The molecule has 0 saturated heterocycles. The highest BCUT2D eigenvalue weighted by Gasteiger charge is 2.30. The number of carbonyl (C=O) groups is 1. The molecule has 158 valence electrons. The van der Waals surface area contributed by atoms with Gasteiger partial charge in [-0.1, -0.05) is 0 Å². The maximum absolute atomic E-state index is 12.7. The van der Waals surface area contributed by atoms with Crippen LogP contribution in [0.2, 0.25) is 0 Å². The lowest BCUT2D eigenvalue weighted by Crippen LogP contribution is -2.18. The van der Waals surface area contributed by atoms with Crippen LogP contribution in [0.15, 0.2) is 24.3 Å². The van der Waals surface area contributed by atoms with E-state index in [1.807, 2.05) is 0 Å². The van der Waals surface area contributed by atoms with Crippen molar-refractivity contribution in [3.05, 3.63) is 50.6 Å². The molecule has 1 N–H and O–H groups in total.